The second-order valence-corrected chi connectivity index (χ2v) is 6.52. The highest BCUT2D eigenvalue weighted by molar-refractivity contribution is 5.46. The number of rotatable bonds is 7. The molecule has 2 fully saturated rings. The molecule has 0 saturated carbocycles. The molecule has 0 aromatic heterocycles. The van der Waals surface area contributed by atoms with Gasteiger partial charge in [0.25, 0.3) is 0 Å². The van der Waals surface area contributed by atoms with Crippen molar-refractivity contribution in [1.82, 2.24) is 15.1 Å². The lowest BCUT2D eigenvalue weighted by Gasteiger charge is -2.32. The molecule has 0 spiro atoms. The van der Waals surface area contributed by atoms with Crippen molar-refractivity contribution in [1.29, 1.82) is 0 Å². The minimum atomic E-state index is -2.85. The normalized spacial score (nSPS) is 22.5. The molecule has 5 nitrogen and oxygen atoms in total. The number of nitrogens with one attached hydrogen (secondary N) is 1. The molecule has 2 heterocycles. The van der Waals surface area contributed by atoms with Crippen LogP contribution in [-0.4, -0.2) is 68.3 Å². The summed E-state index contributed by atoms with van der Waals surface area (Å²) in [5.74, 6) is 0.558. The molecule has 2 saturated heterocycles. The van der Waals surface area contributed by atoms with Gasteiger partial charge in [-0.05, 0) is 19.4 Å². The van der Waals surface area contributed by atoms with E-state index >= 15 is 0 Å². The van der Waals surface area contributed by atoms with Crippen molar-refractivity contribution in [3.8, 4) is 11.5 Å². The summed E-state index contributed by atoms with van der Waals surface area (Å²) >= 11 is 0. The van der Waals surface area contributed by atoms with Gasteiger partial charge in [-0.1, -0.05) is 12.1 Å². The molecule has 0 amide bonds. The summed E-state index contributed by atoms with van der Waals surface area (Å²) in [6.07, 6.45) is 1.12. The van der Waals surface area contributed by atoms with E-state index in [1.165, 1.54) is 0 Å². The number of alkyl halides is 2. The molecule has 2 aliphatic heterocycles. The van der Waals surface area contributed by atoms with E-state index in [0.29, 0.717) is 24.9 Å². The van der Waals surface area contributed by atoms with Crippen molar-refractivity contribution < 1.29 is 18.3 Å². The number of piperazine rings is 1. The Morgan fingerprint density at radius 1 is 1.24 bits per heavy atom. The number of benzene rings is 1. The first-order valence-corrected chi connectivity index (χ1v) is 9.04. The van der Waals surface area contributed by atoms with Gasteiger partial charge in [0.15, 0.2) is 11.5 Å². The zero-order chi connectivity index (χ0) is 17.6. The molecule has 7 heteroatoms. The van der Waals surface area contributed by atoms with Gasteiger partial charge in [0.2, 0.25) is 0 Å². The van der Waals surface area contributed by atoms with Gasteiger partial charge in [0.05, 0.1) is 6.61 Å². The molecule has 1 unspecified atom stereocenters. The Bertz CT molecular complexity index is 553. The summed E-state index contributed by atoms with van der Waals surface area (Å²) in [5.41, 5.74) is 0.757. The molecule has 0 bridgehead atoms. The number of nitrogens with zero attached hydrogens (tertiary/aromatic N) is 2. The Morgan fingerprint density at radius 3 is 2.76 bits per heavy atom. The van der Waals surface area contributed by atoms with Gasteiger partial charge in [-0.25, -0.2) is 0 Å². The van der Waals surface area contributed by atoms with Crippen LogP contribution in [-0.2, 0) is 6.54 Å². The van der Waals surface area contributed by atoms with Crippen LogP contribution in [0.4, 0.5) is 8.78 Å². The standard InChI is InChI=1S/C18H27F2N3O2/c1-2-24-16-5-3-4-14(17(16)25-18(19)20)12-22-9-6-15(13-22)23-10-7-21-8-11-23/h3-5,15,18,21H,2,6-13H2,1H3. The number of ether oxygens (including phenoxy) is 2. The van der Waals surface area contributed by atoms with Crippen LogP contribution in [0.25, 0.3) is 0 Å². The van der Waals surface area contributed by atoms with Gasteiger partial charge in [0, 0.05) is 57.4 Å². The van der Waals surface area contributed by atoms with E-state index in [9.17, 15) is 8.78 Å². The minimum Gasteiger partial charge on any atom is -0.490 e. The number of likely N-dealkylation sites (tertiary alicyclic amines) is 1. The fourth-order valence-corrected chi connectivity index (χ4v) is 3.72. The van der Waals surface area contributed by atoms with E-state index < -0.39 is 6.61 Å². The summed E-state index contributed by atoms with van der Waals surface area (Å²) in [7, 11) is 0. The van der Waals surface area contributed by atoms with Gasteiger partial charge >= 0.3 is 6.61 Å². The molecule has 25 heavy (non-hydrogen) atoms. The Hall–Kier alpha value is -1.44. The number of halogens is 2. The monoisotopic (exact) mass is 355 g/mol. The van der Waals surface area contributed by atoms with Crippen LogP contribution in [0.1, 0.15) is 18.9 Å². The first-order chi connectivity index (χ1) is 12.2. The average molecular weight is 355 g/mol. The Morgan fingerprint density at radius 2 is 2.04 bits per heavy atom. The smallest absolute Gasteiger partial charge is 0.387 e. The lowest BCUT2D eigenvalue weighted by Crippen LogP contribution is -2.49. The van der Waals surface area contributed by atoms with Crippen molar-refractivity contribution in [3.63, 3.8) is 0 Å². The maximum atomic E-state index is 12.8. The third-order valence-corrected chi connectivity index (χ3v) is 4.88. The predicted octanol–water partition coefficient (Wildman–Crippen LogP) is 2.17. The molecule has 0 radical (unpaired) electrons. The third kappa shape index (κ3) is 4.80. The fourth-order valence-electron chi connectivity index (χ4n) is 3.72. The van der Waals surface area contributed by atoms with Crippen LogP contribution in [0.15, 0.2) is 18.2 Å². The zero-order valence-corrected chi connectivity index (χ0v) is 14.7. The maximum Gasteiger partial charge on any atom is 0.387 e. The molecule has 140 valence electrons. The van der Waals surface area contributed by atoms with E-state index in [-0.39, 0.29) is 5.75 Å². The molecule has 1 aromatic carbocycles. The lowest BCUT2D eigenvalue weighted by molar-refractivity contribution is -0.0523. The molecular formula is C18H27F2N3O2. The van der Waals surface area contributed by atoms with E-state index in [0.717, 1.165) is 51.3 Å². The Balaban J connectivity index is 1.66. The Kier molecular flexibility index (Phi) is 6.45. The average Bonchev–Trinajstić information content (AvgIpc) is 3.07. The number of hydrogen-bond acceptors (Lipinski definition) is 5. The highest BCUT2D eigenvalue weighted by Crippen LogP contribution is 2.34. The first-order valence-electron chi connectivity index (χ1n) is 9.04. The third-order valence-electron chi connectivity index (χ3n) is 4.88. The topological polar surface area (TPSA) is 37.0 Å². The molecule has 2 aliphatic rings. The van der Waals surface area contributed by atoms with Gasteiger partial charge in [0.1, 0.15) is 0 Å². The second-order valence-electron chi connectivity index (χ2n) is 6.52. The van der Waals surface area contributed by atoms with Crippen LogP contribution >= 0.6 is 0 Å². The predicted molar refractivity (Wildman–Crippen MR) is 92.4 cm³/mol. The molecule has 1 atom stereocenters. The second kappa shape index (κ2) is 8.78. The van der Waals surface area contributed by atoms with Crippen molar-refractivity contribution in [3.05, 3.63) is 23.8 Å². The first kappa shape index (κ1) is 18.4. The molecule has 1 N–H and O–H groups in total. The highest BCUT2D eigenvalue weighted by atomic mass is 19.3. The van der Waals surface area contributed by atoms with Crippen LogP contribution in [0.3, 0.4) is 0 Å². The van der Waals surface area contributed by atoms with E-state index in [1.807, 2.05) is 19.1 Å². The van der Waals surface area contributed by atoms with Crippen molar-refractivity contribution in [2.75, 3.05) is 45.9 Å². The van der Waals surface area contributed by atoms with Crippen molar-refractivity contribution in [2.45, 2.75) is 32.5 Å². The minimum absolute atomic E-state index is 0.171. The number of hydrogen-bond donors (Lipinski definition) is 1. The van der Waals surface area contributed by atoms with Gasteiger partial charge < -0.3 is 14.8 Å². The number of para-hydroxylation sites is 1. The quantitative estimate of drug-likeness (QED) is 0.811. The Labute approximate surface area is 147 Å². The molecule has 1 aromatic rings. The fraction of sp³-hybridized carbons (Fsp3) is 0.667. The van der Waals surface area contributed by atoms with E-state index in [1.54, 1.807) is 6.07 Å². The van der Waals surface area contributed by atoms with E-state index in [4.69, 9.17) is 9.47 Å². The summed E-state index contributed by atoms with van der Waals surface area (Å²) in [5, 5.41) is 3.38. The van der Waals surface area contributed by atoms with Crippen LogP contribution < -0.4 is 14.8 Å². The largest absolute Gasteiger partial charge is 0.490 e. The van der Waals surface area contributed by atoms with E-state index in [2.05, 4.69) is 15.1 Å². The van der Waals surface area contributed by atoms with Crippen LogP contribution in [0, 0.1) is 0 Å². The summed E-state index contributed by atoms with van der Waals surface area (Å²) < 4.78 is 35.9. The van der Waals surface area contributed by atoms with Gasteiger partial charge in [-0.15, -0.1) is 0 Å². The van der Waals surface area contributed by atoms with Crippen molar-refractivity contribution >= 4 is 0 Å². The van der Waals surface area contributed by atoms with Gasteiger partial charge in [-0.3, -0.25) is 9.80 Å². The van der Waals surface area contributed by atoms with Crippen LogP contribution in [0.2, 0.25) is 0 Å². The summed E-state index contributed by atoms with van der Waals surface area (Å²) in [6, 6.07) is 5.91. The molecule has 0 aliphatic carbocycles. The summed E-state index contributed by atoms with van der Waals surface area (Å²) in [4.78, 5) is 4.85. The SMILES string of the molecule is CCOc1cccc(CN2CCC(N3CCNCC3)C2)c1OC(F)F. The maximum absolute atomic E-state index is 12.8. The summed E-state index contributed by atoms with van der Waals surface area (Å²) in [6.45, 7) is 6.18. The van der Waals surface area contributed by atoms with Crippen molar-refractivity contribution in [2.24, 2.45) is 0 Å². The van der Waals surface area contributed by atoms with Crippen LogP contribution in [0.5, 0.6) is 11.5 Å². The zero-order valence-electron chi connectivity index (χ0n) is 14.7. The lowest BCUT2D eigenvalue weighted by atomic mass is 10.1. The molecule has 3 rings (SSSR count). The highest BCUT2D eigenvalue weighted by Gasteiger charge is 2.29. The van der Waals surface area contributed by atoms with Gasteiger partial charge in [-0.2, -0.15) is 8.78 Å². The molecular weight excluding hydrogens is 328 g/mol.